The van der Waals surface area contributed by atoms with Crippen LogP contribution >= 0.6 is 12.2 Å². The van der Waals surface area contributed by atoms with Crippen LogP contribution in [0.4, 0.5) is 5.69 Å². The van der Waals surface area contributed by atoms with Gasteiger partial charge in [-0.3, -0.25) is 4.79 Å². The molecule has 0 atom stereocenters. The zero-order valence-electron chi connectivity index (χ0n) is 19.9. The predicted octanol–water partition coefficient (Wildman–Crippen LogP) is 4.00. The van der Waals surface area contributed by atoms with E-state index in [-0.39, 0.29) is 5.56 Å². The van der Waals surface area contributed by atoms with Crippen LogP contribution in [0.1, 0.15) is 17.5 Å². The molecule has 2 N–H and O–H groups in total. The van der Waals surface area contributed by atoms with Gasteiger partial charge in [0.1, 0.15) is 0 Å². The van der Waals surface area contributed by atoms with Gasteiger partial charge in [0.25, 0.3) is 5.56 Å². The second-order valence-electron chi connectivity index (χ2n) is 8.29. The van der Waals surface area contributed by atoms with E-state index in [4.69, 9.17) is 21.7 Å². The second kappa shape index (κ2) is 11.2. The van der Waals surface area contributed by atoms with E-state index in [1.54, 1.807) is 20.3 Å². The molecule has 0 fully saturated rings. The summed E-state index contributed by atoms with van der Waals surface area (Å²) in [6, 6.07) is 13.6. The number of benzene rings is 2. The molecule has 0 radical (unpaired) electrons. The number of hydrogen-bond donors (Lipinski definition) is 2. The van der Waals surface area contributed by atoms with Crippen molar-refractivity contribution in [3.8, 4) is 11.5 Å². The first-order chi connectivity index (χ1) is 15.8. The van der Waals surface area contributed by atoms with E-state index in [9.17, 15) is 4.79 Å². The van der Waals surface area contributed by atoms with Gasteiger partial charge in [0.15, 0.2) is 16.6 Å². The fourth-order valence-electron chi connectivity index (χ4n) is 3.57. The van der Waals surface area contributed by atoms with Crippen LogP contribution in [0.3, 0.4) is 0 Å². The molecular weight excluding hydrogens is 436 g/mol. The van der Waals surface area contributed by atoms with E-state index < -0.39 is 0 Å². The van der Waals surface area contributed by atoms with Gasteiger partial charge in [-0.2, -0.15) is 0 Å². The minimum absolute atomic E-state index is 0.148. The average molecular weight is 469 g/mol. The summed E-state index contributed by atoms with van der Waals surface area (Å²) in [5.41, 5.74) is 3.29. The molecule has 0 aliphatic rings. The van der Waals surface area contributed by atoms with Crippen molar-refractivity contribution in [2.75, 3.05) is 46.7 Å². The lowest BCUT2D eigenvalue weighted by atomic mass is 10.1. The van der Waals surface area contributed by atoms with Crippen molar-refractivity contribution in [1.82, 2.24) is 14.8 Å². The Morgan fingerprint density at radius 2 is 1.70 bits per heavy atom. The van der Waals surface area contributed by atoms with Crippen molar-refractivity contribution in [3.05, 3.63) is 63.9 Å². The highest BCUT2D eigenvalue weighted by molar-refractivity contribution is 7.80. The Morgan fingerprint density at radius 1 is 1.03 bits per heavy atom. The Morgan fingerprint density at radius 3 is 2.33 bits per heavy atom. The lowest BCUT2D eigenvalue weighted by molar-refractivity contribution is 0.346. The molecule has 176 valence electrons. The SMILES string of the molecule is COc1cc2cc(CN(CCCN(C)C)C(=S)Nc3ccc(C)cc3)c(=O)[nH]c2cc1OC. The molecule has 0 bridgehead atoms. The van der Waals surface area contributed by atoms with E-state index in [0.29, 0.717) is 34.2 Å². The molecule has 2 aromatic carbocycles. The van der Waals surface area contributed by atoms with Gasteiger partial charge in [-0.15, -0.1) is 0 Å². The van der Waals surface area contributed by atoms with Gasteiger partial charge in [-0.1, -0.05) is 17.7 Å². The number of aryl methyl sites for hydroxylation is 1. The monoisotopic (exact) mass is 468 g/mol. The van der Waals surface area contributed by atoms with Crippen molar-refractivity contribution in [2.45, 2.75) is 19.9 Å². The Bertz CT molecular complexity index is 1160. The molecule has 0 saturated heterocycles. The molecule has 3 rings (SSSR count). The molecule has 33 heavy (non-hydrogen) atoms. The maximum atomic E-state index is 12.9. The Balaban J connectivity index is 1.88. The van der Waals surface area contributed by atoms with Gasteiger partial charge in [0, 0.05) is 29.2 Å². The summed E-state index contributed by atoms with van der Waals surface area (Å²) in [5, 5.41) is 4.77. The highest BCUT2D eigenvalue weighted by Gasteiger charge is 2.15. The summed E-state index contributed by atoms with van der Waals surface area (Å²) in [4.78, 5) is 20.0. The van der Waals surface area contributed by atoms with Crippen molar-refractivity contribution in [3.63, 3.8) is 0 Å². The third-order valence-corrected chi connectivity index (χ3v) is 5.77. The molecule has 3 aromatic rings. The zero-order chi connectivity index (χ0) is 24.0. The number of thiocarbonyl (C=S) groups is 1. The molecule has 1 aromatic heterocycles. The predicted molar refractivity (Wildman–Crippen MR) is 139 cm³/mol. The van der Waals surface area contributed by atoms with Crippen molar-refractivity contribution < 1.29 is 9.47 Å². The Labute approximate surface area is 200 Å². The minimum atomic E-state index is -0.148. The van der Waals surface area contributed by atoms with Gasteiger partial charge in [0.2, 0.25) is 0 Å². The molecule has 0 amide bonds. The standard InChI is InChI=1S/C25H32N4O3S/c1-17-7-9-20(10-8-17)26-25(33)29(12-6-11-28(2)3)16-19-13-18-14-22(31-4)23(32-5)15-21(18)27-24(19)30/h7-10,13-15H,6,11-12,16H2,1-5H3,(H,26,33)(H,27,30). The highest BCUT2D eigenvalue weighted by Crippen LogP contribution is 2.31. The third-order valence-electron chi connectivity index (χ3n) is 5.41. The van der Waals surface area contributed by atoms with Crippen molar-refractivity contribution in [2.24, 2.45) is 0 Å². The van der Waals surface area contributed by atoms with Gasteiger partial charge >= 0.3 is 0 Å². The van der Waals surface area contributed by atoms with E-state index >= 15 is 0 Å². The number of pyridine rings is 1. The number of rotatable bonds is 9. The first kappa shape index (κ1) is 24.5. The van der Waals surface area contributed by atoms with Gasteiger partial charge < -0.3 is 29.6 Å². The number of aromatic amines is 1. The molecule has 0 spiro atoms. The molecule has 0 unspecified atom stereocenters. The van der Waals surface area contributed by atoms with E-state index in [0.717, 1.165) is 30.6 Å². The quantitative estimate of drug-likeness (QED) is 0.460. The maximum Gasteiger partial charge on any atom is 0.253 e. The summed E-state index contributed by atoms with van der Waals surface area (Å²) < 4.78 is 10.8. The van der Waals surface area contributed by atoms with Crippen LogP contribution in [0.2, 0.25) is 0 Å². The van der Waals surface area contributed by atoms with Crippen LogP contribution < -0.4 is 20.3 Å². The lowest BCUT2D eigenvalue weighted by Gasteiger charge is -2.26. The molecule has 1 heterocycles. The highest BCUT2D eigenvalue weighted by atomic mass is 32.1. The van der Waals surface area contributed by atoms with Crippen molar-refractivity contribution >= 4 is 33.9 Å². The molecule has 8 heteroatoms. The van der Waals surface area contributed by atoms with E-state index in [2.05, 4.69) is 15.2 Å². The molecule has 0 saturated carbocycles. The number of ether oxygens (including phenoxy) is 2. The first-order valence-electron chi connectivity index (χ1n) is 10.9. The number of nitrogens with one attached hydrogen (secondary N) is 2. The largest absolute Gasteiger partial charge is 0.493 e. The first-order valence-corrected chi connectivity index (χ1v) is 11.3. The van der Waals surface area contributed by atoms with E-state index in [1.165, 1.54) is 5.56 Å². The number of aromatic nitrogens is 1. The Kier molecular flexibility index (Phi) is 8.30. The van der Waals surface area contributed by atoms with Crippen LogP contribution in [0.5, 0.6) is 11.5 Å². The number of methoxy groups -OCH3 is 2. The van der Waals surface area contributed by atoms with Crippen molar-refractivity contribution in [1.29, 1.82) is 0 Å². The van der Waals surface area contributed by atoms with Crippen LogP contribution in [0.25, 0.3) is 10.9 Å². The smallest absolute Gasteiger partial charge is 0.253 e. The maximum absolute atomic E-state index is 12.9. The Hall–Kier alpha value is -3.10. The fourth-order valence-corrected chi connectivity index (χ4v) is 3.84. The molecular formula is C25H32N4O3S. The summed E-state index contributed by atoms with van der Waals surface area (Å²) in [7, 11) is 7.26. The molecule has 0 aliphatic carbocycles. The fraction of sp³-hybridized carbons (Fsp3) is 0.360. The summed E-state index contributed by atoms with van der Waals surface area (Å²) in [5.74, 6) is 1.18. The third kappa shape index (κ3) is 6.46. The number of anilines is 1. The van der Waals surface area contributed by atoms with Gasteiger partial charge in [-0.05, 0) is 70.5 Å². The number of H-pyrrole nitrogens is 1. The summed E-state index contributed by atoms with van der Waals surface area (Å²) >= 11 is 5.73. The molecule has 7 nitrogen and oxygen atoms in total. The summed E-state index contributed by atoms with van der Waals surface area (Å²) in [6.07, 6.45) is 0.916. The van der Waals surface area contributed by atoms with Gasteiger partial charge in [0.05, 0.1) is 26.3 Å². The van der Waals surface area contributed by atoms with Crippen LogP contribution in [-0.2, 0) is 6.54 Å². The number of nitrogens with zero attached hydrogens (tertiary/aromatic N) is 2. The number of fused-ring (bicyclic) bond motifs is 1. The summed E-state index contributed by atoms with van der Waals surface area (Å²) in [6.45, 7) is 4.09. The minimum Gasteiger partial charge on any atom is -0.493 e. The number of hydrogen-bond acceptors (Lipinski definition) is 5. The van der Waals surface area contributed by atoms with Gasteiger partial charge in [-0.25, -0.2) is 0 Å². The van der Waals surface area contributed by atoms with E-state index in [1.807, 2.05) is 62.3 Å². The van der Waals surface area contributed by atoms with Crippen LogP contribution in [-0.4, -0.2) is 61.3 Å². The lowest BCUT2D eigenvalue weighted by Crippen LogP contribution is -2.37. The average Bonchev–Trinajstić information content (AvgIpc) is 2.79. The molecule has 0 aliphatic heterocycles. The topological polar surface area (TPSA) is 69.8 Å². The van der Waals surface area contributed by atoms with Crippen LogP contribution in [0.15, 0.2) is 47.3 Å². The zero-order valence-corrected chi connectivity index (χ0v) is 20.7. The second-order valence-corrected chi connectivity index (χ2v) is 8.68. The normalized spacial score (nSPS) is 11.0. The van der Waals surface area contributed by atoms with Crippen LogP contribution in [0, 0.1) is 6.92 Å².